The first-order valence-corrected chi connectivity index (χ1v) is 6.34. The fourth-order valence-corrected chi connectivity index (χ4v) is 2.35. The number of hydrogen-bond donors (Lipinski definition) is 1. The Morgan fingerprint density at radius 2 is 2.37 bits per heavy atom. The van der Waals surface area contributed by atoms with Gasteiger partial charge in [-0.25, -0.2) is 9.67 Å². The van der Waals surface area contributed by atoms with Gasteiger partial charge < -0.3 is 14.7 Å². The van der Waals surface area contributed by atoms with Crippen molar-refractivity contribution in [1.29, 1.82) is 0 Å². The predicted octanol–water partition coefficient (Wildman–Crippen LogP) is -0.163. The molecule has 0 radical (unpaired) electrons. The highest BCUT2D eigenvalue weighted by molar-refractivity contribution is 5.80. The molecule has 7 heteroatoms. The highest BCUT2D eigenvalue weighted by atomic mass is 16.5. The second kappa shape index (κ2) is 5.26. The first kappa shape index (κ1) is 14.0. The van der Waals surface area contributed by atoms with Crippen molar-refractivity contribution >= 4 is 5.91 Å². The molecule has 106 valence electrons. The standard InChI is InChI=1S/C12H20N4O3/c1-9(16-8-13-7-14-16)11(18)15-4-10(5-17)19-12(2,3)6-15/h7-10,17H,4-6H2,1-3H3. The quantitative estimate of drug-likeness (QED) is 0.823. The SMILES string of the molecule is CC(C(=O)N1CC(CO)OC(C)(C)C1)n1cncn1. The van der Waals surface area contributed by atoms with Gasteiger partial charge in [-0.15, -0.1) is 0 Å². The molecule has 1 aliphatic heterocycles. The van der Waals surface area contributed by atoms with Crippen molar-refractivity contribution in [3.8, 4) is 0 Å². The van der Waals surface area contributed by atoms with E-state index in [0.717, 1.165) is 0 Å². The normalized spacial score (nSPS) is 24.2. The van der Waals surface area contributed by atoms with Gasteiger partial charge in [-0.05, 0) is 20.8 Å². The molecule has 2 unspecified atom stereocenters. The predicted molar refractivity (Wildman–Crippen MR) is 67.4 cm³/mol. The summed E-state index contributed by atoms with van der Waals surface area (Å²) < 4.78 is 7.22. The van der Waals surface area contributed by atoms with E-state index in [2.05, 4.69) is 10.1 Å². The minimum Gasteiger partial charge on any atom is -0.394 e. The zero-order valence-electron chi connectivity index (χ0n) is 11.5. The van der Waals surface area contributed by atoms with Crippen LogP contribution < -0.4 is 0 Å². The van der Waals surface area contributed by atoms with Gasteiger partial charge in [0.2, 0.25) is 5.91 Å². The minimum absolute atomic E-state index is 0.0414. The van der Waals surface area contributed by atoms with Crippen molar-refractivity contribution in [2.75, 3.05) is 19.7 Å². The number of rotatable bonds is 3. The third kappa shape index (κ3) is 3.10. The van der Waals surface area contributed by atoms with Crippen LogP contribution in [0, 0.1) is 0 Å². The summed E-state index contributed by atoms with van der Waals surface area (Å²) >= 11 is 0. The van der Waals surface area contributed by atoms with Gasteiger partial charge in [0.15, 0.2) is 0 Å². The summed E-state index contributed by atoms with van der Waals surface area (Å²) in [6.45, 7) is 6.42. The van der Waals surface area contributed by atoms with Crippen molar-refractivity contribution in [1.82, 2.24) is 19.7 Å². The number of aliphatic hydroxyl groups is 1. The van der Waals surface area contributed by atoms with E-state index in [4.69, 9.17) is 4.74 Å². The number of ether oxygens (including phenoxy) is 1. The highest BCUT2D eigenvalue weighted by Gasteiger charge is 2.37. The number of aromatic nitrogens is 3. The van der Waals surface area contributed by atoms with Crippen LogP contribution in [0.25, 0.3) is 0 Å². The van der Waals surface area contributed by atoms with Crippen LogP contribution in [0.3, 0.4) is 0 Å². The molecular weight excluding hydrogens is 248 g/mol. The van der Waals surface area contributed by atoms with Gasteiger partial charge in [-0.2, -0.15) is 5.10 Å². The second-order valence-corrected chi connectivity index (χ2v) is 5.45. The summed E-state index contributed by atoms with van der Waals surface area (Å²) in [6.07, 6.45) is 2.59. The van der Waals surface area contributed by atoms with Gasteiger partial charge in [-0.3, -0.25) is 4.79 Å². The molecule has 0 bridgehead atoms. The first-order chi connectivity index (χ1) is 8.93. The number of carbonyl (C=O) groups is 1. The Bertz CT molecular complexity index is 432. The van der Waals surface area contributed by atoms with E-state index in [1.54, 1.807) is 11.8 Å². The molecule has 2 atom stereocenters. The van der Waals surface area contributed by atoms with E-state index < -0.39 is 11.6 Å². The maximum atomic E-state index is 12.4. The zero-order chi connectivity index (χ0) is 14.0. The van der Waals surface area contributed by atoms with E-state index in [0.29, 0.717) is 13.1 Å². The van der Waals surface area contributed by atoms with Gasteiger partial charge >= 0.3 is 0 Å². The van der Waals surface area contributed by atoms with Crippen LogP contribution >= 0.6 is 0 Å². The summed E-state index contributed by atoms with van der Waals surface area (Å²) in [4.78, 5) is 18.0. The molecule has 7 nitrogen and oxygen atoms in total. The van der Waals surface area contributed by atoms with Crippen LogP contribution in [0.15, 0.2) is 12.7 Å². The van der Waals surface area contributed by atoms with Crippen molar-refractivity contribution < 1.29 is 14.6 Å². The highest BCUT2D eigenvalue weighted by Crippen LogP contribution is 2.23. The third-order valence-electron chi connectivity index (χ3n) is 3.19. The zero-order valence-corrected chi connectivity index (χ0v) is 11.5. The van der Waals surface area contributed by atoms with Crippen molar-refractivity contribution in [2.45, 2.75) is 38.5 Å². The van der Waals surface area contributed by atoms with Crippen LogP contribution in [-0.4, -0.2) is 62.1 Å². The van der Waals surface area contributed by atoms with Crippen LogP contribution in [-0.2, 0) is 9.53 Å². The first-order valence-electron chi connectivity index (χ1n) is 6.34. The second-order valence-electron chi connectivity index (χ2n) is 5.45. The lowest BCUT2D eigenvalue weighted by molar-refractivity contribution is -0.169. The molecule has 1 amide bonds. The molecule has 1 saturated heterocycles. The maximum absolute atomic E-state index is 12.4. The van der Waals surface area contributed by atoms with Crippen LogP contribution in [0.5, 0.6) is 0 Å². The molecule has 19 heavy (non-hydrogen) atoms. The van der Waals surface area contributed by atoms with Crippen molar-refractivity contribution in [3.05, 3.63) is 12.7 Å². The maximum Gasteiger partial charge on any atom is 0.247 e. The number of morpholine rings is 1. The van der Waals surface area contributed by atoms with Crippen LogP contribution in [0.4, 0.5) is 0 Å². The number of nitrogens with zero attached hydrogens (tertiary/aromatic N) is 4. The Hall–Kier alpha value is -1.47. The fourth-order valence-electron chi connectivity index (χ4n) is 2.35. The topological polar surface area (TPSA) is 80.5 Å². The van der Waals surface area contributed by atoms with Gasteiger partial charge in [0.05, 0.1) is 18.3 Å². The van der Waals surface area contributed by atoms with Gasteiger partial charge in [0.25, 0.3) is 0 Å². The summed E-state index contributed by atoms with van der Waals surface area (Å²) in [5.41, 5.74) is -0.455. The molecule has 2 rings (SSSR count). The smallest absolute Gasteiger partial charge is 0.247 e. The van der Waals surface area contributed by atoms with E-state index in [-0.39, 0.29) is 18.6 Å². The molecule has 0 spiro atoms. The molecule has 1 aliphatic rings. The van der Waals surface area contributed by atoms with E-state index in [1.165, 1.54) is 17.3 Å². The Balaban J connectivity index is 2.10. The summed E-state index contributed by atoms with van der Waals surface area (Å²) in [5, 5.41) is 13.2. The minimum atomic E-state index is -0.455. The Kier molecular flexibility index (Phi) is 3.86. The monoisotopic (exact) mass is 268 g/mol. The molecule has 0 aliphatic carbocycles. The molecule has 1 aromatic rings. The molecule has 0 saturated carbocycles. The van der Waals surface area contributed by atoms with Crippen molar-refractivity contribution in [3.63, 3.8) is 0 Å². The van der Waals surface area contributed by atoms with Crippen molar-refractivity contribution in [2.24, 2.45) is 0 Å². The molecule has 1 fully saturated rings. The largest absolute Gasteiger partial charge is 0.394 e. The lowest BCUT2D eigenvalue weighted by Crippen LogP contribution is -2.56. The van der Waals surface area contributed by atoms with Gasteiger partial charge in [0.1, 0.15) is 18.7 Å². The molecule has 2 heterocycles. The molecule has 1 aromatic heterocycles. The average Bonchev–Trinajstić information content (AvgIpc) is 2.88. The average molecular weight is 268 g/mol. The Morgan fingerprint density at radius 1 is 1.63 bits per heavy atom. The Labute approximate surface area is 112 Å². The van der Waals surface area contributed by atoms with Gasteiger partial charge in [-0.1, -0.05) is 0 Å². The number of carbonyl (C=O) groups excluding carboxylic acids is 1. The van der Waals surface area contributed by atoms with Crippen LogP contribution in [0.1, 0.15) is 26.8 Å². The third-order valence-corrected chi connectivity index (χ3v) is 3.19. The fraction of sp³-hybridized carbons (Fsp3) is 0.750. The summed E-state index contributed by atoms with van der Waals surface area (Å²) in [6, 6.07) is -0.407. The number of amides is 1. The number of aliphatic hydroxyl groups excluding tert-OH is 1. The summed E-state index contributed by atoms with van der Waals surface area (Å²) in [7, 11) is 0. The van der Waals surface area contributed by atoms with Crippen LogP contribution in [0.2, 0.25) is 0 Å². The summed E-state index contributed by atoms with van der Waals surface area (Å²) in [5.74, 6) is -0.0414. The van der Waals surface area contributed by atoms with E-state index in [9.17, 15) is 9.90 Å². The molecule has 1 N–H and O–H groups in total. The lowest BCUT2D eigenvalue weighted by Gasteiger charge is -2.43. The van der Waals surface area contributed by atoms with E-state index in [1.807, 2.05) is 13.8 Å². The lowest BCUT2D eigenvalue weighted by atomic mass is 10.0. The number of hydrogen-bond acceptors (Lipinski definition) is 5. The molecule has 0 aromatic carbocycles. The van der Waals surface area contributed by atoms with Gasteiger partial charge in [0, 0.05) is 13.1 Å². The van der Waals surface area contributed by atoms with E-state index >= 15 is 0 Å². The Morgan fingerprint density at radius 3 is 2.95 bits per heavy atom. The molecular formula is C12H20N4O3.